The molecule has 9 nitrogen and oxygen atoms in total. The van der Waals surface area contributed by atoms with Crippen molar-refractivity contribution < 1.29 is 28.7 Å². The van der Waals surface area contributed by atoms with Crippen LogP contribution in [-0.4, -0.2) is 72.4 Å². The summed E-state index contributed by atoms with van der Waals surface area (Å²) in [6.07, 6.45) is 0.764. The highest BCUT2D eigenvalue weighted by Gasteiger charge is 2.37. The van der Waals surface area contributed by atoms with Crippen LogP contribution >= 0.6 is 0 Å². The summed E-state index contributed by atoms with van der Waals surface area (Å²) in [5.74, 6) is -0.152. The number of amides is 3. The van der Waals surface area contributed by atoms with E-state index in [9.17, 15) is 14.4 Å². The first-order chi connectivity index (χ1) is 17.2. The van der Waals surface area contributed by atoms with Crippen molar-refractivity contribution in [3.63, 3.8) is 0 Å². The second-order valence-corrected chi connectivity index (χ2v) is 10.4. The first-order valence-electron chi connectivity index (χ1n) is 13.1. The van der Waals surface area contributed by atoms with Gasteiger partial charge in [-0.3, -0.25) is 14.4 Å². The zero-order chi connectivity index (χ0) is 26.1. The highest BCUT2D eigenvalue weighted by Crippen LogP contribution is 2.21. The van der Waals surface area contributed by atoms with Gasteiger partial charge in [-0.2, -0.15) is 5.06 Å². The third-order valence-corrected chi connectivity index (χ3v) is 6.42. The van der Waals surface area contributed by atoms with Gasteiger partial charge in [-0.15, -0.1) is 0 Å². The molecule has 0 unspecified atom stereocenters. The molecular weight excluding hydrogens is 462 g/mol. The van der Waals surface area contributed by atoms with Gasteiger partial charge in [0.25, 0.3) is 5.91 Å². The summed E-state index contributed by atoms with van der Waals surface area (Å²) in [6, 6.07) is 8.71. The first kappa shape index (κ1) is 27.9. The molecule has 0 spiro atoms. The van der Waals surface area contributed by atoms with Crippen molar-refractivity contribution in [3.05, 3.63) is 35.9 Å². The SMILES string of the molecule is CC(C)C[C@@H]1NC(=O)[C@@H](CC(C)C)ON(C(=O)OCc2ccccc2)CCN(C2CCOCC2)C1=O. The summed E-state index contributed by atoms with van der Waals surface area (Å²) in [6.45, 7) is 9.65. The standard InChI is InChI=1S/C27H41N3O6/c1-19(2)16-23-26(32)29(22-10-14-34-15-11-22)12-13-30(36-24(17-20(3)4)25(31)28-23)27(33)35-18-21-8-6-5-7-9-21/h5-9,19-20,22-24H,10-18H2,1-4H3,(H,28,31)/t23-,24+/m0/s1. The van der Waals surface area contributed by atoms with Gasteiger partial charge < -0.3 is 19.7 Å². The van der Waals surface area contributed by atoms with E-state index in [0.717, 1.165) is 10.6 Å². The predicted molar refractivity (Wildman–Crippen MR) is 135 cm³/mol. The average Bonchev–Trinajstić information content (AvgIpc) is 2.85. The molecule has 2 saturated heterocycles. The second kappa shape index (κ2) is 13.6. The van der Waals surface area contributed by atoms with Gasteiger partial charge in [-0.05, 0) is 43.1 Å². The van der Waals surface area contributed by atoms with E-state index >= 15 is 0 Å². The van der Waals surface area contributed by atoms with Gasteiger partial charge in [0.2, 0.25) is 5.91 Å². The molecule has 200 valence electrons. The van der Waals surface area contributed by atoms with E-state index < -0.39 is 24.1 Å². The molecule has 0 aliphatic carbocycles. The van der Waals surface area contributed by atoms with E-state index in [-0.39, 0.29) is 43.5 Å². The molecule has 0 aromatic heterocycles. The van der Waals surface area contributed by atoms with E-state index in [1.54, 1.807) is 4.90 Å². The zero-order valence-electron chi connectivity index (χ0n) is 22.0. The van der Waals surface area contributed by atoms with E-state index in [1.807, 2.05) is 58.0 Å². The molecule has 2 aliphatic rings. The van der Waals surface area contributed by atoms with E-state index in [0.29, 0.717) is 38.9 Å². The molecule has 1 aromatic rings. The van der Waals surface area contributed by atoms with Gasteiger partial charge in [0, 0.05) is 25.8 Å². The number of carbonyl (C=O) groups is 3. The Kier molecular flexibility index (Phi) is 10.6. The van der Waals surface area contributed by atoms with Gasteiger partial charge in [0.05, 0.1) is 6.54 Å². The summed E-state index contributed by atoms with van der Waals surface area (Å²) >= 11 is 0. The molecule has 36 heavy (non-hydrogen) atoms. The average molecular weight is 504 g/mol. The van der Waals surface area contributed by atoms with Gasteiger partial charge in [-0.1, -0.05) is 58.0 Å². The first-order valence-corrected chi connectivity index (χ1v) is 13.1. The summed E-state index contributed by atoms with van der Waals surface area (Å²) in [7, 11) is 0. The van der Waals surface area contributed by atoms with Crippen molar-refractivity contribution in [2.75, 3.05) is 26.3 Å². The maximum atomic E-state index is 13.8. The van der Waals surface area contributed by atoms with Crippen LogP contribution in [0.5, 0.6) is 0 Å². The molecule has 2 heterocycles. The number of nitrogens with zero attached hydrogens (tertiary/aromatic N) is 2. The summed E-state index contributed by atoms with van der Waals surface area (Å²) in [4.78, 5) is 48.0. The largest absolute Gasteiger partial charge is 0.443 e. The van der Waals surface area contributed by atoms with Crippen LogP contribution in [0.15, 0.2) is 30.3 Å². The third-order valence-electron chi connectivity index (χ3n) is 6.42. The fourth-order valence-electron chi connectivity index (χ4n) is 4.58. The lowest BCUT2D eigenvalue weighted by Crippen LogP contribution is -2.58. The number of hydroxylamine groups is 2. The predicted octanol–water partition coefficient (Wildman–Crippen LogP) is 3.52. The normalized spacial score (nSPS) is 22.6. The van der Waals surface area contributed by atoms with Crippen molar-refractivity contribution >= 4 is 17.9 Å². The van der Waals surface area contributed by atoms with E-state index in [4.69, 9.17) is 14.3 Å². The molecule has 2 atom stereocenters. The topological polar surface area (TPSA) is 97.4 Å². The second-order valence-electron chi connectivity index (χ2n) is 10.4. The quantitative estimate of drug-likeness (QED) is 0.612. The smallest absolute Gasteiger partial charge is 0.434 e. The van der Waals surface area contributed by atoms with Crippen LogP contribution in [0.2, 0.25) is 0 Å². The van der Waals surface area contributed by atoms with Crippen molar-refractivity contribution in [2.45, 2.75) is 78.2 Å². The highest BCUT2D eigenvalue weighted by atomic mass is 16.7. The Morgan fingerprint density at radius 2 is 1.69 bits per heavy atom. The monoisotopic (exact) mass is 503 g/mol. The van der Waals surface area contributed by atoms with Crippen molar-refractivity contribution in [1.29, 1.82) is 0 Å². The molecule has 9 heteroatoms. The maximum Gasteiger partial charge on any atom is 0.434 e. The molecule has 0 bridgehead atoms. The molecule has 2 fully saturated rings. The number of rotatable bonds is 7. The Bertz CT molecular complexity index is 856. The van der Waals surface area contributed by atoms with Crippen LogP contribution in [0.1, 0.15) is 58.9 Å². The molecular formula is C27H41N3O6. The van der Waals surface area contributed by atoms with Gasteiger partial charge in [-0.25, -0.2) is 4.79 Å². The van der Waals surface area contributed by atoms with Crippen LogP contribution in [0.25, 0.3) is 0 Å². The number of hydrogen-bond donors (Lipinski definition) is 1. The van der Waals surface area contributed by atoms with Gasteiger partial charge in [0.15, 0.2) is 6.10 Å². The van der Waals surface area contributed by atoms with Gasteiger partial charge >= 0.3 is 6.09 Å². The van der Waals surface area contributed by atoms with Crippen molar-refractivity contribution in [1.82, 2.24) is 15.3 Å². The number of nitrogens with one attached hydrogen (secondary N) is 1. The molecule has 0 radical (unpaired) electrons. The zero-order valence-corrected chi connectivity index (χ0v) is 22.0. The Morgan fingerprint density at radius 1 is 1.03 bits per heavy atom. The lowest BCUT2D eigenvalue weighted by molar-refractivity contribution is -0.192. The molecule has 0 saturated carbocycles. The number of carbonyl (C=O) groups excluding carboxylic acids is 3. The van der Waals surface area contributed by atoms with Crippen molar-refractivity contribution in [2.24, 2.45) is 11.8 Å². The Hall–Kier alpha value is -2.65. The Balaban J connectivity index is 1.84. The Labute approximate surface area is 214 Å². The molecule has 1 N–H and O–H groups in total. The summed E-state index contributed by atoms with van der Waals surface area (Å²) in [5.41, 5.74) is 0.846. The van der Waals surface area contributed by atoms with Crippen LogP contribution in [-0.2, 0) is 30.5 Å². The highest BCUT2D eigenvalue weighted by molar-refractivity contribution is 5.89. The lowest BCUT2D eigenvalue weighted by Gasteiger charge is -2.39. The van der Waals surface area contributed by atoms with E-state index in [2.05, 4.69) is 5.32 Å². The van der Waals surface area contributed by atoms with Crippen LogP contribution in [0.3, 0.4) is 0 Å². The summed E-state index contributed by atoms with van der Waals surface area (Å²) in [5, 5.41) is 4.05. The summed E-state index contributed by atoms with van der Waals surface area (Å²) < 4.78 is 11.0. The molecule has 1 aromatic carbocycles. The number of hydrogen-bond acceptors (Lipinski definition) is 6. The van der Waals surface area contributed by atoms with Crippen LogP contribution < -0.4 is 5.32 Å². The van der Waals surface area contributed by atoms with Crippen LogP contribution in [0, 0.1) is 11.8 Å². The van der Waals surface area contributed by atoms with E-state index in [1.165, 1.54) is 0 Å². The fourth-order valence-corrected chi connectivity index (χ4v) is 4.58. The van der Waals surface area contributed by atoms with Crippen molar-refractivity contribution in [3.8, 4) is 0 Å². The molecule has 3 rings (SSSR count). The fraction of sp³-hybridized carbons (Fsp3) is 0.667. The van der Waals surface area contributed by atoms with Crippen LogP contribution in [0.4, 0.5) is 4.79 Å². The minimum absolute atomic E-state index is 0.0223. The minimum atomic E-state index is -0.911. The molecule has 3 amide bonds. The van der Waals surface area contributed by atoms with Gasteiger partial charge in [0.1, 0.15) is 12.6 Å². The number of ether oxygens (including phenoxy) is 2. The molecule has 2 aliphatic heterocycles. The lowest BCUT2D eigenvalue weighted by atomic mass is 9.99. The minimum Gasteiger partial charge on any atom is -0.443 e. The maximum absolute atomic E-state index is 13.8. The number of benzene rings is 1. The third kappa shape index (κ3) is 8.20. The Morgan fingerprint density at radius 3 is 2.33 bits per heavy atom.